The largest absolute Gasteiger partial charge is 0.433 e. The fourth-order valence-electron chi connectivity index (χ4n) is 3.96. The summed E-state index contributed by atoms with van der Waals surface area (Å²) in [5, 5.41) is 12.2. The molecule has 2 heterocycles. The van der Waals surface area contributed by atoms with E-state index >= 15 is 0 Å². The number of benzene rings is 1. The van der Waals surface area contributed by atoms with Crippen LogP contribution in [0.15, 0.2) is 41.4 Å². The Hall–Kier alpha value is -2.74. The summed E-state index contributed by atoms with van der Waals surface area (Å²) >= 11 is 0. The average Bonchev–Trinajstić information content (AvgIpc) is 3.05. The number of carbonyl (C=O) groups is 1. The molecule has 2 atom stereocenters. The van der Waals surface area contributed by atoms with Gasteiger partial charge in [0.15, 0.2) is 0 Å². The van der Waals surface area contributed by atoms with Gasteiger partial charge in [0, 0.05) is 11.6 Å². The smallest absolute Gasteiger partial charge is 0.394 e. The highest BCUT2D eigenvalue weighted by Crippen LogP contribution is 2.48. The van der Waals surface area contributed by atoms with Crippen LogP contribution in [0.3, 0.4) is 0 Å². The second-order valence-corrected chi connectivity index (χ2v) is 7.15. The molecular formula is C20H18F3N3O2. The molecular weight excluding hydrogens is 371 g/mol. The monoisotopic (exact) mass is 389 g/mol. The number of hydrogen-bond donors (Lipinski definition) is 2. The fourth-order valence-corrected chi connectivity index (χ4v) is 3.96. The van der Waals surface area contributed by atoms with Crippen LogP contribution in [0.4, 0.5) is 13.2 Å². The Morgan fingerprint density at radius 3 is 2.71 bits per heavy atom. The van der Waals surface area contributed by atoms with E-state index in [1.165, 1.54) is 6.07 Å². The molecule has 1 aliphatic carbocycles. The normalized spacial score (nSPS) is 21.9. The Labute approximate surface area is 159 Å². The van der Waals surface area contributed by atoms with Crippen LogP contribution < -0.4 is 5.32 Å². The van der Waals surface area contributed by atoms with Crippen molar-refractivity contribution in [2.75, 3.05) is 6.61 Å². The maximum absolute atomic E-state index is 13.4. The first-order valence-corrected chi connectivity index (χ1v) is 8.95. The summed E-state index contributed by atoms with van der Waals surface area (Å²) < 4.78 is 40.1. The summed E-state index contributed by atoms with van der Waals surface area (Å²) in [7, 11) is 0. The lowest BCUT2D eigenvalue weighted by Gasteiger charge is -2.33. The standard InChI is InChI=1S/C20H18F3N3O2/c1-11(10-27)24-17-13-6-7-15(20(21,22)23)25-16(13)19(18(28)26-17)9-8-12-4-2-3-5-14(12)19/h2-7,11,27H,8-10H2,1H3,(H,24,26,28)/t11-,19-/m0/s1. The van der Waals surface area contributed by atoms with Gasteiger partial charge in [0.25, 0.3) is 5.91 Å². The second-order valence-electron chi connectivity index (χ2n) is 7.15. The molecule has 146 valence electrons. The lowest BCUT2D eigenvalue weighted by Crippen LogP contribution is -2.46. The topological polar surface area (TPSA) is 74.6 Å². The molecule has 1 amide bonds. The first kappa shape index (κ1) is 18.6. The SMILES string of the molecule is C[C@@H](CO)NC1=NC(=O)[C@]2(CCc3ccccc32)c2nc(C(F)(F)F)ccc21. The first-order chi connectivity index (χ1) is 13.3. The highest BCUT2D eigenvalue weighted by molar-refractivity contribution is 6.13. The number of alkyl halides is 3. The number of halogens is 3. The van der Waals surface area contributed by atoms with Crippen LogP contribution in [-0.2, 0) is 22.8 Å². The van der Waals surface area contributed by atoms with Gasteiger partial charge in [-0.05, 0) is 43.0 Å². The zero-order chi connectivity index (χ0) is 20.1. The van der Waals surface area contributed by atoms with Gasteiger partial charge in [-0.15, -0.1) is 0 Å². The van der Waals surface area contributed by atoms with E-state index in [1.807, 2.05) is 12.1 Å². The Morgan fingerprint density at radius 1 is 1.25 bits per heavy atom. The number of amides is 1. The summed E-state index contributed by atoms with van der Waals surface area (Å²) in [5.41, 5.74) is -0.368. The van der Waals surface area contributed by atoms with Crippen LogP contribution >= 0.6 is 0 Å². The maximum Gasteiger partial charge on any atom is 0.433 e. The number of nitrogens with zero attached hydrogens (tertiary/aromatic N) is 2. The van der Waals surface area contributed by atoms with Crippen LogP contribution in [0, 0.1) is 0 Å². The van der Waals surface area contributed by atoms with Gasteiger partial charge in [-0.25, -0.2) is 4.98 Å². The molecule has 4 rings (SSSR count). The molecule has 8 heteroatoms. The Morgan fingerprint density at radius 2 is 2.00 bits per heavy atom. The number of nitrogens with one attached hydrogen (secondary N) is 1. The van der Waals surface area contributed by atoms with E-state index in [0.717, 1.165) is 11.6 Å². The lowest BCUT2D eigenvalue weighted by molar-refractivity contribution is -0.141. The van der Waals surface area contributed by atoms with Crippen LogP contribution in [0.5, 0.6) is 0 Å². The third-order valence-corrected chi connectivity index (χ3v) is 5.33. The summed E-state index contributed by atoms with van der Waals surface area (Å²) in [6.45, 7) is 1.46. The number of pyridine rings is 1. The van der Waals surface area contributed by atoms with Crippen molar-refractivity contribution in [3.63, 3.8) is 0 Å². The number of aliphatic hydroxyl groups is 1. The van der Waals surface area contributed by atoms with Gasteiger partial charge in [0.2, 0.25) is 0 Å². The molecule has 0 fully saturated rings. The third-order valence-electron chi connectivity index (χ3n) is 5.33. The Bertz CT molecular complexity index is 987. The summed E-state index contributed by atoms with van der Waals surface area (Å²) in [6.07, 6.45) is -3.75. The minimum atomic E-state index is -4.63. The number of aliphatic hydroxyl groups excluding tert-OH is 1. The third kappa shape index (κ3) is 2.71. The van der Waals surface area contributed by atoms with Gasteiger partial charge in [-0.3, -0.25) is 4.79 Å². The van der Waals surface area contributed by atoms with E-state index in [2.05, 4.69) is 15.3 Å². The van der Waals surface area contributed by atoms with Crippen LogP contribution in [0.1, 0.15) is 41.4 Å². The van der Waals surface area contributed by atoms with Crippen molar-refractivity contribution < 1.29 is 23.1 Å². The molecule has 0 saturated heterocycles. The van der Waals surface area contributed by atoms with Crippen molar-refractivity contribution >= 4 is 11.7 Å². The van der Waals surface area contributed by atoms with Crippen LogP contribution in [0.25, 0.3) is 0 Å². The molecule has 28 heavy (non-hydrogen) atoms. The molecule has 0 radical (unpaired) electrons. The lowest BCUT2D eigenvalue weighted by atomic mass is 9.74. The predicted octanol–water partition coefficient (Wildman–Crippen LogP) is 2.59. The van der Waals surface area contributed by atoms with Crippen LogP contribution in [-0.4, -0.2) is 34.5 Å². The van der Waals surface area contributed by atoms with E-state index in [0.29, 0.717) is 24.0 Å². The number of carbonyl (C=O) groups excluding carboxylic acids is 1. The predicted molar refractivity (Wildman–Crippen MR) is 96.0 cm³/mol. The van der Waals surface area contributed by atoms with Gasteiger partial charge in [-0.1, -0.05) is 24.3 Å². The van der Waals surface area contributed by atoms with E-state index in [-0.39, 0.29) is 18.1 Å². The molecule has 0 unspecified atom stereocenters. The fraction of sp³-hybridized carbons (Fsp3) is 0.350. The summed E-state index contributed by atoms with van der Waals surface area (Å²) in [5.74, 6) is -0.401. The summed E-state index contributed by atoms with van der Waals surface area (Å²) in [6, 6.07) is 9.00. The van der Waals surface area contributed by atoms with Gasteiger partial charge < -0.3 is 10.4 Å². The average molecular weight is 389 g/mol. The molecule has 1 aromatic heterocycles. The minimum absolute atomic E-state index is 0.0694. The molecule has 1 aromatic carbocycles. The quantitative estimate of drug-likeness (QED) is 0.828. The van der Waals surface area contributed by atoms with Crippen molar-refractivity contribution in [2.24, 2.45) is 4.99 Å². The Kier molecular flexibility index (Phi) is 4.26. The number of amidine groups is 1. The van der Waals surface area contributed by atoms with Gasteiger partial charge in [0.05, 0.1) is 12.3 Å². The Balaban J connectivity index is 1.96. The van der Waals surface area contributed by atoms with Crippen molar-refractivity contribution in [3.05, 3.63) is 64.5 Å². The minimum Gasteiger partial charge on any atom is -0.394 e. The van der Waals surface area contributed by atoms with Crippen molar-refractivity contribution in [3.8, 4) is 0 Å². The number of aromatic nitrogens is 1. The van der Waals surface area contributed by atoms with E-state index in [9.17, 15) is 23.1 Å². The second kappa shape index (κ2) is 6.41. The zero-order valence-electron chi connectivity index (χ0n) is 15.0. The van der Waals surface area contributed by atoms with E-state index < -0.39 is 29.2 Å². The first-order valence-electron chi connectivity index (χ1n) is 8.95. The van der Waals surface area contributed by atoms with Crippen LogP contribution in [0.2, 0.25) is 0 Å². The van der Waals surface area contributed by atoms with Crippen molar-refractivity contribution in [1.82, 2.24) is 10.3 Å². The number of rotatable bonds is 2. The molecule has 0 saturated carbocycles. The molecule has 1 spiro atoms. The van der Waals surface area contributed by atoms with E-state index in [4.69, 9.17) is 0 Å². The zero-order valence-corrected chi connectivity index (χ0v) is 15.0. The molecule has 1 aliphatic heterocycles. The summed E-state index contributed by atoms with van der Waals surface area (Å²) in [4.78, 5) is 21.3. The van der Waals surface area contributed by atoms with Crippen molar-refractivity contribution in [1.29, 1.82) is 0 Å². The highest BCUT2D eigenvalue weighted by atomic mass is 19.4. The van der Waals surface area contributed by atoms with Crippen molar-refractivity contribution in [2.45, 2.75) is 37.4 Å². The van der Waals surface area contributed by atoms with Gasteiger partial charge >= 0.3 is 6.18 Å². The van der Waals surface area contributed by atoms with Gasteiger partial charge in [-0.2, -0.15) is 18.2 Å². The maximum atomic E-state index is 13.4. The van der Waals surface area contributed by atoms with Gasteiger partial charge in [0.1, 0.15) is 16.9 Å². The number of hydrogen-bond acceptors (Lipinski definition) is 4. The molecule has 0 bridgehead atoms. The van der Waals surface area contributed by atoms with E-state index in [1.54, 1.807) is 19.1 Å². The number of aryl methyl sites for hydroxylation is 1. The highest BCUT2D eigenvalue weighted by Gasteiger charge is 2.52. The molecule has 5 nitrogen and oxygen atoms in total. The number of fused-ring (bicyclic) bond motifs is 4. The molecule has 2 aromatic rings. The molecule has 2 N–H and O–H groups in total. The number of aliphatic imine (C=N–C) groups is 1. The molecule has 2 aliphatic rings.